The van der Waals surface area contributed by atoms with E-state index >= 15 is 0 Å². The van der Waals surface area contributed by atoms with E-state index in [9.17, 15) is 4.79 Å². The second-order valence-electron chi connectivity index (χ2n) is 4.23. The summed E-state index contributed by atoms with van der Waals surface area (Å²) in [4.78, 5) is 12.2. The average Bonchev–Trinajstić information content (AvgIpc) is 2.48. The number of ketones is 1. The van der Waals surface area contributed by atoms with Gasteiger partial charge in [-0.2, -0.15) is 0 Å². The molecule has 2 aromatic carbocycles. The molecule has 0 radical (unpaired) electrons. The fourth-order valence-electron chi connectivity index (χ4n) is 1.78. The third-order valence-electron chi connectivity index (χ3n) is 2.78. The molecule has 2 aromatic rings. The lowest BCUT2D eigenvalue weighted by molar-refractivity contribution is 0.103. The average molecular weight is 255 g/mol. The van der Waals surface area contributed by atoms with Crippen LogP contribution in [0.15, 0.2) is 54.6 Å². The Hall–Kier alpha value is -1.97. The van der Waals surface area contributed by atoms with Crippen molar-refractivity contribution in [1.29, 1.82) is 0 Å². The maximum Gasteiger partial charge on any atom is 0.193 e. The van der Waals surface area contributed by atoms with Gasteiger partial charge >= 0.3 is 0 Å². The summed E-state index contributed by atoms with van der Waals surface area (Å²) in [7, 11) is 0. The Labute approximate surface area is 113 Å². The van der Waals surface area contributed by atoms with Crippen molar-refractivity contribution in [2.24, 2.45) is 5.73 Å². The molecular formula is C16H17NO2. The summed E-state index contributed by atoms with van der Waals surface area (Å²) in [5, 5.41) is 0. The number of benzene rings is 2. The number of rotatable bonds is 6. The quantitative estimate of drug-likeness (QED) is 0.637. The second-order valence-corrected chi connectivity index (χ2v) is 4.23. The molecule has 0 unspecified atom stereocenters. The van der Waals surface area contributed by atoms with Crippen LogP contribution < -0.4 is 5.73 Å². The van der Waals surface area contributed by atoms with Crippen molar-refractivity contribution in [2.75, 3.05) is 13.2 Å². The van der Waals surface area contributed by atoms with Gasteiger partial charge in [-0.3, -0.25) is 4.79 Å². The number of carbonyl (C=O) groups is 1. The molecule has 0 saturated carbocycles. The molecule has 0 amide bonds. The summed E-state index contributed by atoms with van der Waals surface area (Å²) in [6.45, 7) is 1.59. The zero-order valence-corrected chi connectivity index (χ0v) is 10.7. The molecule has 0 aliphatic rings. The molecular weight excluding hydrogens is 238 g/mol. The Kier molecular flexibility index (Phi) is 4.84. The van der Waals surface area contributed by atoms with Gasteiger partial charge < -0.3 is 10.5 Å². The van der Waals surface area contributed by atoms with Crippen molar-refractivity contribution in [3.8, 4) is 0 Å². The fraction of sp³-hybridized carbons (Fsp3) is 0.188. The van der Waals surface area contributed by atoms with E-state index in [2.05, 4.69) is 0 Å². The van der Waals surface area contributed by atoms with Gasteiger partial charge in [0.05, 0.1) is 13.2 Å². The first-order valence-corrected chi connectivity index (χ1v) is 6.28. The molecule has 0 aliphatic heterocycles. The van der Waals surface area contributed by atoms with Crippen LogP contribution in [-0.2, 0) is 11.3 Å². The molecule has 0 bridgehead atoms. The van der Waals surface area contributed by atoms with E-state index in [1.165, 1.54) is 0 Å². The van der Waals surface area contributed by atoms with Crippen LogP contribution in [-0.4, -0.2) is 18.9 Å². The highest BCUT2D eigenvalue weighted by atomic mass is 16.5. The van der Waals surface area contributed by atoms with Gasteiger partial charge in [0, 0.05) is 17.7 Å². The summed E-state index contributed by atoms with van der Waals surface area (Å²) in [6, 6.07) is 16.7. The van der Waals surface area contributed by atoms with E-state index in [1.54, 1.807) is 0 Å². The molecule has 19 heavy (non-hydrogen) atoms. The van der Waals surface area contributed by atoms with Gasteiger partial charge in [-0.15, -0.1) is 0 Å². The minimum atomic E-state index is 0.0371. The fourth-order valence-corrected chi connectivity index (χ4v) is 1.78. The Morgan fingerprint density at radius 1 is 0.947 bits per heavy atom. The van der Waals surface area contributed by atoms with Gasteiger partial charge in [0.25, 0.3) is 0 Å². The van der Waals surface area contributed by atoms with E-state index in [4.69, 9.17) is 10.5 Å². The maximum atomic E-state index is 12.2. The van der Waals surface area contributed by atoms with Crippen LogP contribution in [0, 0.1) is 0 Å². The Morgan fingerprint density at radius 3 is 2.21 bits per heavy atom. The topological polar surface area (TPSA) is 52.3 Å². The predicted molar refractivity (Wildman–Crippen MR) is 75.0 cm³/mol. The van der Waals surface area contributed by atoms with E-state index in [1.807, 2.05) is 54.6 Å². The zero-order valence-electron chi connectivity index (χ0n) is 10.7. The molecule has 0 aromatic heterocycles. The Morgan fingerprint density at radius 2 is 1.58 bits per heavy atom. The number of ether oxygens (including phenoxy) is 1. The van der Waals surface area contributed by atoms with E-state index in [0.717, 1.165) is 5.56 Å². The lowest BCUT2D eigenvalue weighted by atomic mass is 10.0. The highest BCUT2D eigenvalue weighted by molar-refractivity contribution is 6.08. The number of carbonyl (C=O) groups excluding carboxylic acids is 1. The molecule has 0 aliphatic carbocycles. The minimum Gasteiger partial charge on any atom is -0.375 e. The van der Waals surface area contributed by atoms with Crippen LogP contribution in [0.25, 0.3) is 0 Å². The van der Waals surface area contributed by atoms with Crippen molar-refractivity contribution in [1.82, 2.24) is 0 Å². The molecule has 2 N–H and O–H groups in total. The molecule has 0 fully saturated rings. The van der Waals surface area contributed by atoms with Crippen LogP contribution in [0.3, 0.4) is 0 Å². The normalized spacial score (nSPS) is 10.4. The van der Waals surface area contributed by atoms with Crippen molar-refractivity contribution in [3.05, 3.63) is 71.3 Å². The van der Waals surface area contributed by atoms with Crippen molar-refractivity contribution < 1.29 is 9.53 Å². The van der Waals surface area contributed by atoms with Gasteiger partial charge in [-0.1, -0.05) is 54.6 Å². The highest BCUT2D eigenvalue weighted by Crippen LogP contribution is 2.11. The maximum absolute atomic E-state index is 12.2. The van der Waals surface area contributed by atoms with Crippen molar-refractivity contribution >= 4 is 5.78 Å². The molecule has 98 valence electrons. The first-order chi connectivity index (χ1) is 9.31. The van der Waals surface area contributed by atoms with E-state index in [0.29, 0.717) is 30.9 Å². The monoisotopic (exact) mass is 255 g/mol. The van der Waals surface area contributed by atoms with Gasteiger partial charge in [-0.25, -0.2) is 0 Å². The van der Waals surface area contributed by atoms with Crippen molar-refractivity contribution in [2.45, 2.75) is 6.61 Å². The van der Waals surface area contributed by atoms with Crippen molar-refractivity contribution in [3.63, 3.8) is 0 Å². The smallest absolute Gasteiger partial charge is 0.193 e. The Balaban J connectivity index is 2.04. The molecule has 3 nitrogen and oxygen atoms in total. The van der Waals surface area contributed by atoms with E-state index in [-0.39, 0.29) is 5.78 Å². The number of hydrogen-bond acceptors (Lipinski definition) is 3. The lowest BCUT2D eigenvalue weighted by Crippen LogP contribution is -2.08. The predicted octanol–water partition coefficient (Wildman–Crippen LogP) is 2.39. The van der Waals surface area contributed by atoms with Gasteiger partial charge in [0.15, 0.2) is 5.78 Å². The third kappa shape index (κ3) is 3.74. The standard InChI is InChI=1S/C16H17NO2/c17-10-11-19-12-13-6-8-15(9-7-13)16(18)14-4-2-1-3-5-14/h1-9H,10-12,17H2. The first kappa shape index (κ1) is 13.5. The minimum absolute atomic E-state index is 0.0371. The summed E-state index contributed by atoms with van der Waals surface area (Å²) < 4.78 is 5.34. The summed E-state index contributed by atoms with van der Waals surface area (Å²) in [6.07, 6.45) is 0. The summed E-state index contributed by atoms with van der Waals surface area (Å²) >= 11 is 0. The summed E-state index contributed by atoms with van der Waals surface area (Å²) in [5.74, 6) is 0.0371. The zero-order chi connectivity index (χ0) is 13.5. The lowest BCUT2D eigenvalue weighted by Gasteiger charge is -2.05. The number of nitrogens with two attached hydrogens (primary N) is 1. The van der Waals surface area contributed by atoms with Crippen LogP contribution in [0.5, 0.6) is 0 Å². The third-order valence-corrected chi connectivity index (χ3v) is 2.78. The second kappa shape index (κ2) is 6.83. The van der Waals surface area contributed by atoms with Crippen LogP contribution >= 0.6 is 0 Å². The highest BCUT2D eigenvalue weighted by Gasteiger charge is 2.07. The number of hydrogen-bond donors (Lipinski definition) is 1. The first-order valence-electron chi connectivity index (χ1n) is 6.28. The van der Waals surface area contributed by atoms with Crippen LogP contribution in [0.4, 0.5) is 0 Å². The molecule has 0 heterocycles. The largest absolute Gasteiger partial charge is 0.375 e. The van der Waals surface area contributed by atoms with Crippen LogP contribution in [0.1, 0.15) is 21.5 Å². The molecule has 3 heteroatoms. The molecule has 0 atom stereocenters. The summed E-state index contributed by atoms with van der Waals surface area (Å²) in [5.41, 5.74) is 7.78. The van der Waals surface area contributed by atoms with Gasteiger partial charge in [0.2, 0.25) is 0 Å². The van der Waals surface area contributed by atoms with Gasteiger partial charge in [-0.05, 0) is 5.56 Å². The molecule has 0 spiro atoms. The van der Waals surface area contributed by atoms with E-state index < -0.39 is 0 Å². The Bertz CT molecular complexity index is 520. The molecule has 2 rings (SSSR count). The van der Waals surface area contributed by atoms with Crippen LogP contribution in [0.2, 0.25) is 0 Å². The van der Waals surface area contributed by atoms with Gasteiger partial charge in [0.1, 0.15) is 0 Å². The SMILES string of the molecule is NCCOCc1ccc(C(=O)c2ccccc2)cc1. The molecule has 0 saturated heterocycles.